The van der Waals surface area contributed by atoms with Crippen molar-refractivity contribution in [2.24, 2.45) is 0 Å². The second kappa shape index (κ2) is 9.37. The van der Waals surface area contributed by atoms with Gasteiger partial charge in [-0.1, -0.05) is 55.8 Å². The number of aryl methyl sites for hydroxylation is 1. The number of anilines is 1. The molecule has 0 atom stereocenters. The zero-order chi connectivity index (χ0) is 19.9. The van der Waals surface area contributed by atoms with Crippen molar-refractivity contribution in [2.75, 3.05) is 11.9 Å². The Balaban J connectivity index is 1.60. The van der Waals surface area contributed by atoms with E-state index in [0.29, 0.717) is 10.6 Å². The molecule has 6 heteroatoms. The third kappa shape index (κ3) is 5.10. The summed E-state index contributed by atoms with van der Waals surface area (Å²) in [6, 6.07) is 16.9. The Hall–Kier alpha value is -2.86. The van der Waals surface area contributed by atoms with Crippen LogP contribution in [0.4, 0.5) is 10.5 Å². The minimum atomic E-state index is -0.441. The fraction of sp³-hybridized carbons (Fsp3) is 0.227. The lowest BCUT2D eigenvalue weighted by molar-refractivity contribution is -0.127. The predicted molar refractivity (Wildman–Crippen MR) is 113 cm³/mol. The molecule has 1 fully saturated rings. The predicted octanol–water partition coefficient (Wildman–Crippen LogP) is 4.70. The summed E-state index contributed by atoms with van der Waals surface area (Å²) < 4.78 is 0. The van der Waals surface area contributed by atoms with E-state index in [2.05, 4.69) is 12.2 Å². The van der Waals surface area contributed by atoms with Crippen LogP contribution in [0.5, 0.6) is 0 Å². The van der Waals surface area contributed by atoms with Crippen LogP contribution in [-0.2, 0) is 16.0 Å². The van der Waals surface area contributed by atoms with E-state index in [1.54, 1.807) is 6.08 Å². The molecule has 28 heavy (non-hydrogen) atoms. The van der Waals surface area contributed by atoms with Crippen LogP contribution in [0.25, 0.3) is 6.08 Å². The van der Waals surface area contributed by atoms with Gasteiger partial charge in [0.15, 0.2) is 0 Å². The number of hydrogen-bond donors (Lipinski definition) is 1. The number of benzene rings is 2. The average Bonchev–Trinajstić information content (AvgIpc) is 2.95. The maximum atomic E-state index is 12.5. The Morgan fingerprint density at radius 1 is 1.07 bits per heavy atom. The van der Waals surface area contributed by atoms with Gasteiger partial charge in [0.25, 0.3) is 11.1 Å². The first kappa shape index (κ1) is 19.9. The molecule has 0 radical (unpaired) electrons. The molecule has 1 saturated heterocycles. The summed E-state index contributed by atoms with van der Waals surface area (Å²) in [6.07, 6.45) is 4.93. The van der Waals surface area contributed by atoms with E-state index in [-0.39, 0.29) is 6.54 Å². The van der Waals surface area contributed by atoms with Crippen LogP contribution in [-0.4, -0.2) is 28.5 Å². The molecule has 0 bridgehead atoms. The molecule has 3 rings (SSSR count). The largest absolute Gasteiger partial charge is 0.325 e. The molecule has 1 heterocycles. The Labute approximate surface area is 168 Å². The molecular weight excluding hydrogens is 372 g/mol. The van der Waals surface area contributed by atoms with E-state index in [0.717, 1.165) is 41.5 Å². The second-order valence-corrected chi connectivity index (χ2v) is 7.52. The van der Waals surface area contributed by atoms with Gasteiger partial charge in [0.2, 0.25) is 5.91 Å². The quantitative estimate of drug-likeness (QED) is 0.691. The highest BCUT2D eigenvalue weighted by molar-refractivity contribution is 8.18. The first-order chi connectivity index (χ1) is 13.6. The standard InChI is InChI=1S/C22H22N2O3S/c1-2-3-7-16-10-12-18(13-11-16)23-20(25)15-24-21(26)19(28-22(24)27)14-17-8-5-4-6-9-17/h4-6,8-14H,2-3,7,15H2,1H3,(H,23,25)/b19-14+. The lowest BCUT2D eigenvalue weighted by Crippen LogP contribution is -2.36. The number of unbranched alkanes of at least 4 members (excludes halogenated alkanes) is 1. The van der Waals surface area contributed by atoms with Crippen molar-refractivity contribution in [3.8, 4) is 0 Å². The number of carbonyl (C=O) groups excluding carboxylic acids is 3. The number of hydrogen-bond acceptors (Lipinski definition) is 4. The average molecular weight is 394 g/mol. The minimum Gasteiger partial charge on any atom is -0.325 e. The van der Waals surface area contributed by atoms with E-state index in [1.807, 2.05) is 54.6 Å². The molecule has 1 N–H and O–H groups in total. The van der Waals surface area contributed by atoms with Gasteiger partial charge in [-0.3, -0.25) is 19.3 Å². The van der Waals surface area contributed by atoms with Gasteiger partial charge in [-0.05, 0) is 53.9 Å². The summed E-state index contributed by atoms with van der Waals surface area (Å²) in [5.41, 5.74) is 2.70. The van der Waals surface area contributed by atoms with E-state index < -0.39 is 17.1 Å². The van der Waals surface area contributed by atoms with Crippen molar-refractivity contribution in [3.63, 3.8) is 0 Å². The minimum absolute atomic E-state index is 0.297. The van der Waals surface area contributed by atoms with Gasteiger partial charge >= 0.3 is 0 Å². The van der Waals surface area contributed by atoms with Gasteiger partial charge in [0, 0.05) is 5.69 Å². The number of nitrogens with one attached hydrogen (secondary N) is 1. The van der Waals surface area contributed by atoms with Crippen molar-refractivity contribution in [1.82, 2.24) is 4.90 Å². The van der Waals surface area contributed by atoms with Crippen LogP contribution in [0.15, 0.2) is 59.5 Å². The summed E-state index contributed by atoms with van der Waals surface area (Å²) in [5.74, 6) is -0.839. The zero-order valence-corrected chi connectivity index (χ0v) is 16.5. The summed E-state index contributed by atoms with van der Waals surface area (Å²) in [6.45, 7) is 1.85. The highest BCUT2D eigenvalue weighted by atomic mass is 32.2. The highest BCUT2D eigenvalue weighted by Crippen LogP contribution is 2.32. The van der Waals surface area contributed by atoms with Crippen molar-refractivity contribution in [2.45, 2.75) is 26.2 Å². The van der Waals surface area contributed by atoms with Crippen molar-refractivity contribution < 1.29 is 14.4 Å². The lowest BCUT2D eigenvalue weighted by Gasteiger charge is -2.12. The number of imide groups is 1. The fourth-order valence-electron chi connectivity index (χ4n) is 2.82. The SMILES string of the molecule is CCCCc1ccc(NC(=O)CN2C(=O)S/C(=C/c3ccccc3)C2=O)cc1. The van der Waals surface area contributed by atoms with Gasteiger partial charge in [-0.25, -0.2) is 0 Å². The monoisotopic (exact) mass is 394 g/mol. The Morgan fingerprint density at radius 3 is 2.46 bits per heavy atom. The van der Waals surface area contributed by atoms with Gasteiger partial charge in [0.1, 0.15) is 6.54 Å². The highest BCUT2D eigenvalue weighted by Gasteiger charge is 2.36. The number of nitrogens with zero attached hydrogens (tertiary/aromatic N) is 1. The normalized spacial score (nSPS) is 15.3. The first-order valence-electron chi connectivity index (χ1n) is 9.26. The van der Waals surface area contributed by atoms with Crippen LogP contribution in [0.2, 0.25) is 0 Å². The molecule has 0 aliphatic carbocycles. The third-order valence-corrected chi connectivity index (χ3v) is 5.24. The molecule has 2 aromatic carbocycles. The fourth-order valence-corrected chi connectivity index (χ4v) is 3.65. The van der Waals surface area contributed by atoms with Gasteiger partial charge in [-0.2, -0.15) is 0 Å². The van der Waals surface area contributed by atoms with Crippen LogP contribution >= 0.6 is 11.8 Å². The van der Waals surface area contributed by atoms with Crippen LogP contribution in [0, 0.1) is 0 Å². The summed E-state index contributed by atoms with van der Waals surface area (Å²) >= 11 is 0.853. The van der Waals surface area contributed by atoms with E-state index >= 15 is 0 Å². The van der Waals surface area contributed by atoms with E-state index in [4.69, 9.17) is 0 Å². The summed E-state index contributed by atoms with van der Waals surface area (Å²) in [7, 11) is 0. The number of rotatable bonds is 7. The van der Waals surface area contributed by atoms with Crippen LogP contribution in [0.1, 0.15) is 30.9 Å². The van der Waals surface area contributed by atoms with Gasteiger partial charge in [-0.15, -0.1) is 0 Å². The van der Waals surface area contributed by atoms with Crippen molar-refractivity contribution >= 4 is 40.6 Å². The van der Waals surface area contributed by atoms with E-state index in [9.17, 15) is 14.4 Å². The third-order valence-electron chi connectivity index (χ3n) is 4.33. The topological polar surface area (TPSA) is 66.5 Å². The van der Waals surface area contributed by atoms with E-state index in [1.165, 1.54) is 5.56 Å². The second-order valence-electron chi connectivity index (χ2n) is 6.53. The number of amides is 3. The molecule has 1 aliphatic heterocycles. The maximum absolute atomic E-state index is 12.5. The lowest BCUT2D eigenvalue weighted by atomic mass is 10.1. The number of carbonyl (C=O) groups is 3. The molecule has 1 aliphatic rings. The summed E-state index contributed by atoms with van der Waals surface area (Å²) in [4.78, 5) is 38.3. The molecule has 0 saturated carbocycles. The molecule has 144 valence electrons. The Bertz CT molecular complexity index is 892. The Morgan fingerprint density at radius 2 is 1.79 bits per heavy atom. The van der Waals surface area contributed by atoms with Crippen molar-refractivity contribution in [1.29, 1.82) is 0 Å². The molecule has 0 aromatic heterocycles. The first-order valence-corrected chi connectivity index (χ1v) is 10.1. The van der Waals surface area contributed by atoms with Crippen LogP contribution in [0.3, 0.4) is 0 Å². The molecular formula is C22H22N2O3S. The molecule has 3 amide bonds. The molecule has 5 nitrogen and oxygen atoms in total. The van der Waals surface area contributed by atoms with Gasteiger partial charge < -0.3 is 5.32 Å². The molecule has 2 aromatic rings. The maximum Gasteiger partial charge on any atom is 0.294 e. The number of thioether (sulfide) groups is 1. The van der Waals surface area contributed by atoms with Crippen molar-refractivity contribution in [3.05, 3.63) is 70.6 Å². The smallest absolute Gasteiger partial charge is 0.294 e. The Kier molecular flexibility index (Phi) is 6.66. The zero-order valence-electron chi connectivity index (χ0n) is 15.7. The summed E-state index contributed by atoms with van der Waals surface area (Å²) in [5, 5.41) is 2.31. The van der Waals surface area contributed by atoms with Gasteiger partial charge in [0.05, 0.1) is 4.91 Å². The molecule has 0 spiro atoms. The van der Waals surface area contributed by atoms with Crippen LogP contribution < -0.4 is 5.32 Å². The molecule has 0 unspecified atom stereocenters.